The van der Waals surface area contributed by atoms with Crippen molar-refractivity contribution in [2.75, 3.05) is 31.1 Å². The fraction of sp³-hybridized carbons (Fsp3) is 0.462. The minimum absolute atomic E-state index is 0.00631. The lowest BCUT2D eigenvalue weighted by atomic mass is 10.2. The summed E-state index contributed by atoms with van der Waals surface area (Å²) in [7, 11) is 0. The van der Waals surface area contributed by atoms with Gasteiger partial charge in [-0.25, -0.2) is 4.79 Å². The Morgan fingerprint density at radius 3 is 2.83 bits per heavy atom. The van der Waals surface area contributed by atoms with Gasteiger partial charge in [-0.2, -0.15) is 0 Å². The SMILES string of the molecule is CCN(CC)C(=O)N1CCOc2ccc(Cl)cc21. The van der Waals surface area contributed by atoms with Crippen molar-refractivity contribution in [2.24, 2.45) is 0 Å². The second-order valence-electron chi connectivity index (χ2n) is 4.07. The molecule has 4 nitrogen and oxygen atoms in total. The third-order valence-corrected chi connectivity index (χ3v) is 3.28. The number of carbonyl (C=O) groups excluding carboxylic acids is 1. The van der Waals surface area contributed by atoms with Gasteiger partial charge in [0.1, 0.15) is 12.4 Å². The molecule has 0 radical (unpaired) electrons. The van der Waals surface area contributed by atoms with Crippen LogP contribution in [0.3, 0.4) is 0 Å². The molecule has 0 saturated heterocycles. The highest BCUT2D eigenvalue weighted by Gasteiger charge is 2.26. The van der Waals surface area contributed by atoms with E-state index in [1.54, 1.807) is 28.0 Å². The predicted molar refractivity (Wildman–Crippen MR) is 72.6 cm³/mol. The van der Waals surface area contributed by atoms with Crippen LogP contribution in [0.1, 0.15) is 13.8 Å². The minimum Gasteiger partial charge on any atom is -0.490 e. The van der Waals surface area contributed by atoms with Crippen LogP contribution >= 0.6 is 11.6 Å². The van der Waals surface area contributed by atoms with E-state index >= 15 is 0 Å². The monoisotopic (exact) mass is 268 g/mol. The largest absolute Gasteiger partial charge is 0.490 e. The van der Waals surface area contributed by atoms with E-state index in [0.717, 1.165) is 5.69 Å². The summed E-state index contributed by atoms with van der Waals surface area (Å²) in [5.41, 5.74) is 0.755. The molecule has 0 aliphatic carbocycles. The van der Waals surface area contributed by atoms with E-state index in [1.807, 2.05) is 13.8 Å². The van der Waals surface area contributed by atoms with Crippen LogP contribution in [-0.2, 0) is 0 Å². The number of rotatable bonds is 2. The quantitative estimate of drug-likeness (QED) is 0.826. The second kappa shape index (κ2) is 5.48. The van der Waals surface area contributed by atoms with E-state index in [2.05, 4.69) is 0 Å². The van der Waals surface area contributed by atoms with E-state index in [0.29, 0.717) is 37.0 Å². The smallest absolute Gasteiger partial charge is 0.324 e. The Kier molecular flexibility index (Phi) is 3.97. The highest BCUT2D eigenvalue weighted by atomic mass is 35.5. The number of fused-ring (bicyclic) bond motifs is 1. The van der Waals surface area contributed by atoms with Gasteiger partial charge in [0, 0.05) is 18.1 Å². The molecule has 1 heterocycles. The molecule has 2 amide bonds. The average Bonchev–Trinajstić information content (AvgIpc) is 2.39. The molecule has 0 N–H and O–H groups in total. The molecule has 0 fully saturated rings. The van der Waals surface area contributed by atoms with Gasteiger partial charge in [0.25, 0.3) is 0 Å². The van der Waals surface area contributed by atoms with Gasteiger partial charge in [-0.3, -0.25) is 4.90 Å². The maximum absolute atomic E-state index is 12.4. The lowest BCUT2D eigenvalue weighted by Crippen LogP contribution is -2.46. The summed E-state index contributed by atoms with van der Waals surface area (Å²) in [5, 5.41) is 0.608. The Morgan fingerprint density at radius 2 is 2.17 bits per heavy atom. The molecule has 1 aromatic rings. The normalized spacial score (nSPS) is 13.8. The molecule has 0 atom stereocenters. The van der Waals surface area contributed by atoms with E-state index in [9.17, 15) is 4.79 Å². The van der Waals surface area contributed by atoms with Crippen molar-refractivity contribution in [1.82, 2.24) is 4.90 Å². The number of hydrogen-bond acceptors (Lipinski definition) is 2. The average molecular weight is 269 g/mol. The summed E-state index contributed by atoms with van der Waals surface area (Å²) >= 11 is 5.99. The number of anilines is 1. The topological polar surface area (TPSA) is 32.8 Å². The number of ether oxygens (including phenoxy) is 1. The molecule has 2 rings (SSSR count). The number of hydrogen-bond donors (Lipinski definition) is 0. The van der Waals surface area contributed by atoms with Gasteiger partial charge in [-0.15, -0.1) is 0 Å². The van der Waals surface area contributed by atoms with Gasteiger partial charge >= 0.3 is 6.03 Å². The van der Waals surface area contributed by atoms with Crippen LogP contribution in [0, 0.1) is 0 Å². The molecule has 0 aromatic heterocycles. The van der Waals surface area contributed by atoms with Crippen LogP contribution in [0.5, 0.6) is 5.75 Å². The van der Waals surface area contributed by atoms with Crippen molar-refractivity contribution in [3.63, 3.8) is 0 Å². The van der Waals surface area contributed by atoms with Crippen molar-refractivity contribution < 1.29 is 9.53 Å². The Morgan fingerprint density at radius 1 is 1.44 bits per heavy atom. The van der Waals surface area contributed by atoms with Gasteiger partial charge in [-0.05, 0) is 32.0 Å². The molecule has 98 valence electrons. The van der Waals surface area contributed by atoms with Crippen LogP contribution in [0.25, 0.3) is 0 Å². The van der Waals surface area contributed by atoms with Crippen molar-refractivity contribution in [3.05, 3.63) is 23.2 Å². The van der Waals surface area contributed by atoms with Crippen LogP contribution in [0.4, 0.5) is 10.5 Å². The zero-order chi connectivity index (χ0) is 13.1. The van der Waals surface area contributed by atoms with Crippen molar-refractivity contribution in [1.29, 1.82) is 0 Å². The number of amides is 2. The molecule has 0 unspecified atom stereocenters. The molecule has 1 aliphatic heterocycles. The lowest BCUT2D eigenvalue weighted by Gasteiger charge is -2.33. The molecular weight excluding hydrogens is 252 g/mol. The Hall–Kier alpha value is -1.42. The van der Waals surface area contributed by atoms with E-state index in [1.165, 1.54) is 0 Å². The van der Waals surface area contributed by atoms with Crippen molar-refractivity contribution >= 4 is 23.3 Å². The number of urea groups is 1. The summed E-state index contributed by atoms with van der Waals surface area (Å²) < 4.78 is 5.53. The Balaban J connectivity index is 2.32. The zero-order valence-corrected chi connectivity index (χ0v) is 11.4. The first-order chi connectivity index (χ1) is 8.67. The van der Waals surface area contributed by atoms with Crippen molar-refractivity contribution in [2.45, 2.75) is 13.8 Å². The zero-order valence-electron chi connectivity index (χ0n) is 10.6. The molecule has 1 aromatic carbocycles. The molecule has 18 heavy (non-hydrogen) atoms. The van der Waals surface area contributed by atoms with Crippen LogP contribution < -0.4 is 9.64 Å². The summed E-state index contributed by atoms with van der Waals surface area (Å²) in [5.74, 6) is 0.714. The van der Waals surface area contributed by atoms with E-state index < -0.39 is 0 Å². The predicted octanol–water partition coefficient (Wildman–Crippen LogP) is 3.00. The van der Waals surface area contributed by atoms with Crippen molar-refractivity contribution in [3.8, 4) is 5.75 Å². The van der Waals surface area contributed by atoms with Gasteiger partial charge in [0.15, 0.2) is 0 Å². The molecular formula is C13H17ClN2O2. The highest BCUT2D eigenvalue weighted by Crippen LogP contribution is 2.34. The van der Waals surface area contributed by atoms with E-state index in [4.69, 9.17) is 16.3 Å². The van der Waals surface area contributed by atoms with Gasteiger partial charge in [0.2, 0.25) is 0 Å². The number of benzene rings is 1. The first-order valence-corrected chi connectivity index (χ1v) is 6.54. The molecule has 0 spiro atoms. The fourth-order valence-corrected chi connectivity index (χ4v) is 2.22. The number of carbonyl (C=O) groups is 1. The lowest BCUT2D eigenvalue weighted by molar-refractivity contribution is 0.205. The van der Waals surface area contributed by atoms with Crippen LogP contribution in [0.2, 0.25) is 5.02 Å². The number of halogens is 1. The highest BCUT2D eigenvalue weighted by molar-refractivity contribution is 6.31. The van der Waals surface area contributed by atoms with Gasteiger partial charge in [-0.1, -0.05) is 11.6 Å². The van der Waals surface area contributed by atoms with Crippen LogP contribution in [0.15, 0.2) is 18.2 Å². The standard InChI is InChI=1S/C13H17ClN2O2/c1-3-15(4-2)13(17)16-7-8-18-12-6-5-10(14)9-11(12)16/h5-6,9H,3-4,7-8H2,1-2H3. The molecule has 0 bridgehead atoms. The Bertz CT molecular complexity index is 447. The second-order valence-corrected chi connectivity index (χ2v) is 4.50. The Labute approximate surface area is 112 Å². The summed E-state index contributed by atoms with van der Waals surface area (Å²) in [6.07, 6.45) is 0. The van der Waals surface area contributed by atoms with E-state index in [-0.39, 0.29) is 6.03 Å². The van der Waals surface area contributed by atoms with Crippen LogP contribution in [-0.4, -0.2) is 37.2 Å². The van der Waals surface area contributed by atoms with Gasteiger partial charge in [0.05, 0.1) is 12.2 Å². The summed E-state index contributed by atoms with van der Waals surface area (Å²) in [6.45, 7) is 6.41. The summed E-state index contributed by atoms with van der Waals surface area (Å²) in [6, 6.07) is 5.36. The maximum Gasteiger partial charge on any atom is 0.324 e. The summed E-state index contributed by atoms with van der Waals surface area (Å²) in [4.78, 5) is 15.9. The molecule has 0 saturated carbocycles. The first-order valence-electron chi connectivity index (χ1n) is 6.16. The third kappa shape index (κ3) is 2.38. The molecule has 1 aliphatic rings. The number of nitrogens with zero attached hydrogens (tertiary/aromatic N) is 2. The maximum atomic E-state index is 12.4. The third-order valence-electron chi connectivity index (χ3n) is 3.05. The first kappa shape index (κ1) is 13.0. The minimum atomic E-state index is 0.00631. The molecule has 5 heteroatoms. The van der Waals surface area contributed by atoms with Gasteiger partial charge < -0.3 is 9.64 Å². The fourth-order valence-electron chi connectivity index (χ4n) is 2.05.